The molecule has 1 aromatic rings. The van der Waals surface area contributed by atoms with Crippen LogP contribution in [0.15, 0.2) is 6.58 Å². The van der Waals surface area contributed by atoms with Crippen molar-refractivity contribution in [2.24, 2.45) is 7.05 Å². The van der Waals surface area contributed by atoms with Gasteiger partial charge in [-0.15, -0.1) is 5.10 Å². The zero-order valence-electron chi connectivity index (χ0n) is 15.2. The maximum absolute atomic E-state index is 5.86. The van der Waals surface area contributed by atoms with Gasteiger partial charge in [0.25, 0.3) is 0 Å². The fraction of sp³-hybridized carbons (Fsp3) is 0.750. The zero-order chi connectivity index (χ0) is 17.5. The van der Waals surface area contributed by atoms with Crippen LogP contribution in [0.25, 0.3) is 5.76 Å². The number of hydrogen-bond donors (Lipinski definition) is 0. The molecule has 0 radical (unpaired) electrons. The van der Waals surface area contributed by atoms with E-state index in [1.54, 1.807) is 4.57 Å². The Morgan fingerprint density at radius 3 is 2.48 bits per heavy atom. The SMILES string of the molecule is C=C(OCC)c1nnc(OCCCCO[S+](C)C(C)(C)C)n1C. The summed E-state index contributed by atoms with van der Waals surface area (Å²) in [6, 6.07) is 0.478. The van der Waals surface area contributed by atoms with E-state index in [9.17, 15) is 0 Å². The molecule has 132 valence electrons. The topological polar surface area (TPSA) is 58.4 Å². The van der Waals surface area contributed by atoms with Crippen LogP contribution in [-0.4, -0.2) is 45.6 Å². The van der Waals surface area contributed by atoms with Crippen molar-refractivity contribution in [2.45, 2.75) is 45.3 Å². The molecular formula is C16H30N3O3S+. The number of aromatic nitrogens is 3. The Balaban J connectivity index is 2.28. The lowest BCUT2D eigenvalue weighted by atomic mass is 10.3. The van der Waals surface area contributed by atoms with Crippen LogP contribution >= 0.6 is 0 Å². The fourth-order valence-electron chi connectivity index (χ4n) is 1.65. The summed E-state index contributed by atoms with van der Waals surface area (Å²) in [7, 11) is 1.84. The molecular weight excluding hydrogens is 314 g/mol. The van der Waals surface area contributed by atoms with E-state index < -0.39 is 0 Å². The molecule has 0 amide bonds. The predicted molar refractivity (Wildman–Crippen MR) is 95.4 cm³/mol. The van der Waals surface area contributed by atoms with Crippen LogP contribution in [0, 0.1) is 0 Å². The van der Waals surface area contributed by atoms with E-state index >= 15 is 0 Å². The number of unbranched alkanes of at least 4 members (excludes halogenated alkanes) is 1. The van der Waals surface area contributed by atoms with E-state index in [1.807, 2.05) is 14.0 Å². The fourth-order valence-corrected chi connectivity index (χ4v) is 2.37. The van der Waals surface area contributed by atoms with Crippen LogP contribution in [0.5, 0.6) is 6.01 Å². The first-order chi connectivity index (χ1) is 10.8. The third-order valence-electron chi connectivity index (χ3n) is 3.30. The Hall–Kier alpha value is -1.21. The Morgan fingerprint density at radius 1 is 1.22 bits per heavy atom. The zero-order valence-corrected chi connectivity index (χ0v) is 16.0. The molecule has 6 nitrogen and oxygen atoms in total. The second-order valence-electron chi connectivity index (χ2n) is 6.17. The maximum atomic E-state index is 5.86. The maximum Gasteiger partial charge on any atom is 0.317 e. The predicted octanol–water partition coefficient (Wildman–Crippen LogP) is 2.96. The lowest BCUT2D eigenvalue weighted by Crippen LogP contribution is -2.29. The van der Waals surface area contributed by atoms with Crippen molar-refractivity contribution in [3.05, 3.63) is 12.4 Å². The van der Waals surface area contributed by atoms with Gasteiger partial charge < -0.3 is 9.47 Å². The van der Waals surface area contributed by atoms with Crippen LogP contribution in [-0.2, 0) is 27.1 Å². The lowest BCUT2D eigenvalue weighted by Gasteiger charge is -2.15. The highest BCUT2D eigenvalue weighted by Crippen LogP contribution is 2.18. The van der Waals surface area contributed by atoms with Gasteiger partial charge in [-0.3, -0.25) is 4.57 Å². The summed E-state index contributed by atoms with van der Waals surface area (Å²) in [5, 5.41) is 8.06. The molecule has 7 heteroatoms. The molecule has 0 spiro atoms. The minimum absolute atomic E-state index is 0.0274. The number of rotatable bonds is 10. The van der Waals surface area contributed by atoms with Crippen molar-refractivity contribution in [1.82, 2.24) is 14.8 Å². The Bertz CT molecular complexity index is 497. The average Bonchev–Trinajstić information content (AvgIpc) is 2.83. The lowest BCUT2D eigenvalue weighted by molar-refractivity contribution is 0.255. The Morgan fingerprint density at radius 2 is 1.87 bits per heavy atom. The summed E-state index contributed by atoms with van der Waals surface area (Å²) < 4.78 is 18.8. The highest BCUT2D eigenvalue weighted by Gasteiger charge is 2.31. The molecule has 1 heterocycles. The molecule has 1 aromatic heterocycles. The molecule has 0 fully saturated rings. The summed E-state index contributed by atoms with van der Waals surface area (Å²) in [5.41, 5.74) is 0. The second-order valence-corrected chi connectivity index (χ2v) is 8.53. The molecule has 0 aliphatic heterocycles. The minimum atomic E-state index is -0.0274. The largest absolute Gasteiger partial charge is 0.491 e. The van der Waals surface area contributed by atoms with Crippen LogP contribution in [0.3, 0.4) is 0 Å². The molecule has 0 aliphatic carbocycles. The van der Waals surface area contributed by atoms with Gasteiger partial charge in [0.1, 0.15) is 24.0 Å². The third-order valence-corrected chi connectivity index (χ3v) is 5.54. The van der Waals surface area contributed by atoms with Gasteiger partial charge in [-0.1, -0.05) is 11.7 Å². The molecule has 0 aliphatic rings. The summed E-state index contributed by atoms with van der Waals surface area (Å²) in [6.07, 6.45) is 4.02. The van der Waals surface area contributed by atoms with Crippen LogP contribution in [0.2, 0.25) is 0 Å². The van der Waals surface area contributed by atoms with E-state index in [-0.39, 0.29) is 15.9 Å². The summed E-state index contributed by atoms with van der Waals surface area (Å²) in [5.74, 6) is 1.09. The van der Waals surface area contributed by atoms with E-state index in [0.717, 1.165) is 19.4 Å². The normalized spacial score (nSPS) is 13.0. The third kappa shape index (κ3) is 6.43. The molecule has 1 rings (SSSR count). The average molecular weight is 345 g/mol. The summed E-state index contributed by atoms with van der Waals surface area (Å²) in [6.45, 7) is 14.2. The monoisotopic (exact) mass is 344 g/mol. The molecule has 1 atom stereocenters. The first-order valence-corrected chi connectivity index (χ1v) is 9.46. The molecule has 0 N–H and O–H groups in total. The molecule has 0 aromatic carbocycles. The molecule has 0 saturated heterocycles. The minimum Gasteiger partial charge on any atom is -0.491 e. The van der Waals surface area contributed by atoms with Crippen LogP contribution < -0.4 is 4.74 Å². The van der Waals surface area contributed by atoms with Gasteiger partial charge in [0.2, 0.25) is 5.82 Å². The summed E-state index contributed by atoms with van der Waals surface area (Å²) >= 11 is -0.0274. The van der Waals surface area contributed by atoms with Gasteiger partial charge >= 0.3 is 6.01 Å². The van der Waals surface area contributed by atoms with Crippen molar-refractivity contribution in [2.75, 3.05) is 26.1 Å². The number of ether oxygens (including phenoxy) is 2. The first kappa shape index (κ1) is 19.8. The second kappa shape index (κ2) is 9.17. The first-order valence-electron chi connectivity index (χ1n) is 7.91. The van der Waals surface area contributed by atoms with Gasteiger partial charge in [-0.25, -0.2) is 0 Å². The van der Waals surface area contributed by atoms with E-state index in [2.05, 4.69) is 43.8 Å². The number of nitrogens with zero attached hydrogens (tertiary/aromatic N) is 3. The van der Waals surface area contributed by atoms with Gasteiger partial charge in [0.05, 0.1) is 13.2 Å². The van der Waals surface area contributed by atoms with Gasteiger partial charge in [-0.2, -0.15) is 4.18 Å². The molecule has 0 saturated carbocycles. The van der Waals surface area contributed by atoms with Crippen molar-refractivity contribution >= 4 is 16.9 Å². The Kier molecular flexibility index (Phi) is 7.91. The summed E-state index contributed by atoms with van der Waals surface area (Å²) in [4.78, 5) is 0. The van der Waals surface area contributed by atoms with Gasteiger partial charge in [0.15, 0.2) is 10.5 Å². The van der Waals surface area contributed by atoms with E-state index in [1.165, 1.54) is 0 Å². The van der Waals surface area contributed by atoms with E-state index in [0.29, 0.717) is 30.8 Å². The standard InChI is InChI=1S/C16H30N3O3S/c1-8-20-13(2)14-17-18-15(19(14)6)21-11-9-10-12-22-23(7)16(3,4)5/h2,8-12H2,1,3-7H3/q+1. The molecule has 23 heavy (non-hydrogen) atoms. The van der Waals surface area contributed by atoms with Crippen molar-refractivity contribution in [3.8, 4) is 6.01 Å². The van der Waals surface area contributed by atoms with Crippen LogP contribution in [0.1, 0.15) is 46.4 Å². The number of hydrogen-bond acceptors (Lipinski definition) is 5. The molecule has 1 unspecified atom stereocenters. The van der Waals surface area contributed by atoms with Crippen molar-refractivity contribution in [1.29, 1.82) is 0 Å². The van der Waals surface area contributed by atoms with Crippen molar-refractivity contribution in [3.63, 3.8) is 0 Å². The Labute approximate surface area is 142 Å². The van der Waals surface area contributed by atoms with Gasteiger partial charge in [-0.05, 0) is 40.5 Å². The highest BCUT2D eigenvalue weighted by atomic mass is 32.2. The van der Waals surface area contributed by atoms with Crippen LogP contribution in [0.4, 0.5) is 0 Å². The smallest absolute Gasteiger partial charge is 0.317 e. The van der Waals surface area contributed by atoms with E-state index in [4.69, 9.17) is 13.7 Å². The highest BCUT2D eigenvalue weighted by molar-refractivity contribution is 7.93. The molecule has 0 bridgehead atoms. The quantitative estimate of drug-likeness (QED) is 0.371. The van der Waals surface area contributed by atoms with Crippen molar-refractivity contribution < 1.29 is 13.7 Å². The van der Waals surface area contributed by atoms with Gasteiger partial charge in [0, 0.05) is 7.05 Å².